The highest BCUT2D eigenvalue weighted by Gasteiger charge is 2.30. The molecule has 0 spiro atoms. The number of carbonyl (C=O) groups excluding carboxylic acids is 1. The van der Waals surface area contributed by atoms with Crippen molar-refractivity contribution >= 4 is 12.0 Å². The Balaban J connectivity index is 1.70. The normalized spacial score (nSPS) is 20.6. The predicted octanol–water partition coefficient (Wildman–Crippen LogP) is 2.63. The van der Waals surface area contributed by atoms with Crippen molar-refractivity contribution in [2.75, 3.05) is 6.61 Å². The molecule has 108 valence electrons. The largest absolute Gasteiger partial charge is 0.465 e. The number of furan rings is 1. The van der Waals surface area contributed by atoms with Crippen LogP contribution in [0.3, 0.4) is 0 Å². The molecule has 2 N–H and O–H groups in total. The minimum absolute atomic E-state index is 0.0490. The van der Waals surface area contributed by atoms with Crippen LogP contribution in [0.4, 0.5) is 0 Å². The van der Waals surface area contributed by atoms with Gasteiger partial charge in [-0.2, -0.15) is 0 Å². The van der Waals surface area contributed by atoms with Gasteiger partial charge >= 0.3 is 0 Å². The number of fused-ring (bicyclic) bond motifs is 1. The summed E-state index contributed by atoms with van der Waals surface area (Å²) in [6.07, 6.45) is 5.40. The van der Waals surface area contributed by atoms with Gasteiger partial charge in [0.2, 0.25) is 5.91 Å². The Morgan fingerprint density at radius 1 is 1.29 bits per heavy atom. The molecule has 1 aliphatic rings. The van der Waals surface area contributed by atoms with E-state index < -0.39 is 0 Å². The first-order valence-corrected chi connectivity index (χ1v) is 6.99. The summed E-state index contributed by atoms with van der Waals surface area (Å²) in [6, 6.07) is 11.5. The van der Waals surface area contributed by atoms with Gasteiger partial charge in [0.05, 0.1) is 18.9 Å². The fourth-order valence-corrected chi connectivity index (χ4v) is 2.81. The molecule has 0 bridgehead atoms. The highest BCUT2D eigenvalue weighted by Crippen LogP contribution is 2.39. The molecule has 0 fully saturated rings. The van der Waals surface area contributed by atoms with E-state index in [2.05, 4.69) is 5.32 Å². The molecule has 4 heteroatoms. The van der Waals surface area contributed by atoms with Crippen molar-refractivity contribution < 1.29 is 14.3 Å². The van der Waals surface area contributed by atoms with Crippen LogP contribution in [0.25, 0.3) is 6.08 Å². The molecule has 0 aliphatic heterocycles. The zero-order valence-corrected chi connectivity index (χ0v) is 11.5. The second-order valence-corrected chi connectivity index (χ2v) is 5.15. The van der Waals surface area contributed by atoms with E-state index in [1.807, 2.05) is 24.3 Å². The van der Waals surface area contributed by atoms with Crippen molar-refractivity contribution in [3.05, 3.63) is 65.6 Å². The minimum Gasteiger partial charge on any atom is -0.465 e. The van der Waals surface area contributed by atoms with Crippen molar-refractivity contribution in [2.24, 2.45) is 0 Å². The van der Waals surface area contributed by atoms with Gasteiger partial charge in [0.15, 0.2) is 0 Å². The Morgan fingerprint density at radius 3 is 2.81 bits per heavy atom. The summed E-state index contributed by atoms with van der Waals surface area (Å²) in [7, 11) is 0. The van der Waals surface area contributed by atoms with E-state index >= 15 is 0 Å². The molecule has 0 radical (unpaired) electrons. The third-order valence-corrected chi connectivity index (χ3v) is 3.81. The maximum absolute atomic E-state index is 12.0. The molecule has 2 aromatic rings. The van der Waals surface area contributed by atoms with Crippen LogP contribution in [0.5, 0.6) is 0 Å². The number of aliphatic hydroxyl groups excluding tert-OH is 1. The lowest BCUT2D eigenvalue weighted by Gasteiger charge is -2.12. The van der Waals surface area contributed by atoms with Crippen LogP contribution >= 0.6 is 0 Å². The summed E-state index contributed by atoms with van der Waals surface area (Å²) in [6.45, 7) is 0.103. The van der Waals surface area contributed by atoms with E-state index in [1.54, 1.807) is 24.5 Å². The van der Waals surface area contributed by atoms with E-state index in [9.17, 15) is 9.90 Å². The summed E-state index contributed by atoms with van der Waals surface area (Å²) in [5, 5.41) is 12.4. The van der Waals surface area contributed by atoms with E-state index in [0.717, 1.165) is 17.5 Å². The van der Waals surface area contributed by atoms with E-state index in [0.29, 0.717) is 5.76 Å². The Kier molecular flexibility index (Phi) is 3.88. The Bertz CT molecular complexity index is 646. The molecule has 3 rings (SSSR count). The van der Waals surface area contributed by atoms with Gasteiger partial charge in [0, 0.05) is 12.0 Å². The molecule has 4 nitrogen and oxygen atoms in total. The maximum Gasteiger partial charge on any atom is 0.244 e. The van der Waals surface area contributed by atoms with Gasteiger partial charge in [-0.3, -0.25) is 4.79 Å². The third-order valence-electron chi connectivity index (χ3n) is 3.81. The lowest BCUT2D eigenvalue weighted by atomic mass is 10.0. The summed E-state index contributed by atoms with van der Waals surface area (Å²) in [5.41, 5.74) is 2.22. The quantitative estimate of drug-likeness (QED) is 0.848. The minimum atomic E-state index is -0.162. The highest BCUT2D eigenvalue weighted by molar-refractivity contribution is 5.91. The van der Waals surface area contributed by atoms with Crippen LogP contribution in [-0.2, 0) is 4.79 Å². The molecule has 2 atom stereocenters. The van der Waals surface area contributed by atoms with Gasteiger partial charge in [0.25, 0.3) is 0 Å². The molecule has 1 heterocycles. The summed E-state index contributed by atoms with van der Waals surface area (Å²) < 4.78 is 5.14. The standard InChI is InChI=1S/C17H17NO3/c19-11-12-10-16(15-6-2-1-5-14(12)15)18-17(20)8-7-13-4-3-9-21-13/h1-9,12,16,19H,10-11H2,(H,18,20)/b8-7+. The number of aliphatic hydroxyl groups is 1. The average molecular weight is 283 g/mol. The first-order chi connectivity index (χ1) is 10.3. The van der Waals surface area contributed by atoms with Gasteiger partial charge in [-0.05, 0) is 35.8 Å². The second-order valence-electron chi connectivity index (χ2n) is 5.15. The van der Waals surface area contributed by atoms with Crippen LogP contribution < -0.4 is 5.32 Å². The third kappa shape index (κ3) is 2.90. The number of benzene rings is 1. The number of carbonyl (C=O) groups is 1. The summed E-state index contributed by atoms with van der Waals surface area (Å²) in [4.78, 5) is 12.0. The second kappa shape index (κ2) is 5.97. The predicted molar refractivity (Wildman–Crippen MR) is 79.5 cm³/mol. The van der Waals surface area contributed by atoms with Crippen LogP contribution in [0, 0.1) is 0 Å². The smallest absolute Gasteiger partial charge is 0.244 e. The SMILES string of the molecule is O=C(/C=C/c1ccco1)NC1CC(CO)c2ccccc21. The maximum atomic E-state index is 12.0. The number of rotatable bonds is 4. The zero-order valence-electron chi connectivity index (χ0n) is 11.5. The van der Waals surface area contributed by atoms with Crippen LogP contribution in [-0.4, -0.2) is 17.6 Å². The topological polar surface area (TPSA) is 62.5 Å². The van der Waals surface area contributed by atoms with Gasteiger partial charge in [-0.15, -0.1) is 0 Å². The molecule has 1 aliphatic carbocycles. The summed E-state index contributed by atoms with van der Waals surface area (Å²) in [5.74, 6) is 0.579. The lowest BCUT2D eigenvalue weighted by Crippen LogP contribution is -2.25. The van der Waals surface area contributed by atoms with Crippen molar-refractivity contribution in [1.82, 2.24) is 5.32 Å². The van der Waals surface area contributed by atoms with E-state index in [4.69, 9.17) is 4.42 Å². The monoisotopic (exact) mass is 283 g/mol. The van der Waals surface area contributed by atoms with Gasteiger partial charge in [-0.1, -0.05) is 24.3 Å². The van der Waals surface area contributed by atoms with Gasteiger partial charge in [0.1, 0.15) is 5.76 Å². The van der Waals surface area contributed by atoms with Crippen LogP contribution in [0.2, 0.25) is 0 Å². The number of hydrogen-bond acceptors (Lipinski definition) is 3. The van der Waals surface area contributed by atoms with Gasteiger partial charge < -0.3 is 14.8 Å². The van der Waals surface area contributed by atoms with E-state index in [-0.39, 0.29) is 24.5 Å². The number of hydrogen-bond donors (Lipinski definition) is 2. The van der Waals surface area contributed by atoms with Crippen molar-refractivity contribution in [3.8, 4) is 0 Å². The number of amides is 1. The average Bonchev–Trinajstić information content (AvgIpc) is 3.13. The van der Waals surface area contributed by atoms with Gasteiger partial charge in [-0.25, -0.2) is 0 Å². The first-order valence-electron chi connectivity index (χ1n) is 6.99. The van der Waals surface area contributed by atoms with Crippen LogP contribution in [0.15, 0.2) is 53.2 Å². The summed E-state index contributed by atoms with van der Waals surface area (Å²) >= 11 is 0. The zero-order chi connectivity index (χ0) is 14.7. The molecule has 1 aromatic heterocycles. The van der Waals surface area contributed by atoms with Crippen molar-refractivity contribution in [1.29, 1.82) is 0 Å². The highest BCUT2D eigenvalue weighted by atomic mass is 16.3. The number of nitrogens with one attached hydrogen (secondary N) is 1. The van der Waals surface area contributed by atoms with Crippen molar-refractivity contribution in [3.63, 3.8) is 0 Å². The Labute approximate surface area is 123 Å². The molecular weight excluding hydrogens is 266 g/mol. The molecule has 1 amide bonds. The molecule has 0 saturated carbocycles. The molecule has 21 heavy (non-hydrogen) atoms. The van der Waals surface area contributed by atoms with Crippen molar-refractivity contribution in [2.45, 2.75) is 18.4 Å². The Hall–Kier alpha value is -2.33. The fourth-order valence-electron chi connectivity index (χ4n) is 2.81. The Morgan fingerprint density at radius 2 is 2.10 bits per heavy atom. The first kappa shape index (κ1) is 13.6. The molecule has 2 unspecified atom stereocenters. The fraction of sp³-hybridized carbons (Fsp3) is 0.235. The van der Waals surface area contributed by atoms with E-state index in [1.165, 1.54) is 6.08 Å². The lowest BCUT2D eigenvalue weighted by molar-refractivity contribution is -0.117. The van der Waals surface area contributed by atoms with Crippen LogP contribution in [0.1, 0.15) is 35.3 Å². The molecule has 0 saturated heterocycles. The molecule has 1 aromatic carbocycles. The molecular formula is C17H17NO3.